The molecular weight excluding hydrogens is 646 g/mol. The Morgan fingerprint density at radius 1 is 1.02 bits per heavy atom. The molecule has 2 fully saturated rings. The topological polar surface area (TPSA) is 157 Å². The first-order chi connectivity index (χ1) is 24.4. The number of hydrogen-bond donors (Lipinski definition) is 4. The van der Waals surface area contributed by atoms with Crippen LogP contribution in [0.3, 0.4) is 0 Å². The van der Waals surface area contributed by atoms with Crippen molar-refractivity contribution in [2.45, 2.75) is 97.7 Å². The monoisotopic (exact) mass is 703 g/mol. The quantitative estimate of drug-likeness (QED) is 0.128. The number of hydrogen-bond acceptors (Lipinski definition) is 9. The smallest absolute Gasteiger partial charge is 0.302 e. The summed E-state index contributed by atoms with van der Waals surface area (Å²) in [7, 11) is 1.50. The minimum Gasteiger partial charge on any atom is -0.504 e. The van der Waals surface area contributed by atoms with E-state index in [1.54, 1.807) is 24.4 Å². The molecule has 2 aromatic heterocycles. The molecule has 8 atom stereocenters. The highest BCUT2D eigenvalue weighted by Crippen LogP contribution is 2.50. The van der Waals surface area contributed by atoms with E-state index in [0.717, 1.165) is 55.2 Å². The third-order valence-corrected chi connectivity index (χ3v) is 11.5. The highest BCUT2D eigenvalue weighted by atomic mass is 16.6. The fourth-order valence-corrected chi connectivity index (χ4v) is 9.23. The molecule has 0 unspecified atom stereocenters. The summed E-state index contributed by atoms with van der Waals surface area (Å²) in [4.78, 5) is 32.7. The van der Waals surface area contributed by atoms with Crippen LogP contribution in [0.1, 0.15) is 83.9 Å². The van der Waals surface area contributed by atoms with E-state index in [2.05, 4.69) is 35.9 Å². The minimum atomic E-state index is -0.537. The second kappa shape index (κ2) is 17.4. The maximum Gasteiger partial charge on any atom is 0.302 e. The molecule has 0 aliphatic heterocycles. The van der Waals surface area contributed by atoms with Crippen LogP contribution in [0, 0.1) is 41.4 Å². The predicted octanol–water partition coefficient (Wildman–Crippen LogP) is 7.13. The molecule has 10 heteroatoms. The molecule has 2 saturated carbocycles. The number of aliphatic hydroxyl groups is 1. The molecule has 5 rings (SSSR count). The number of nitrogens with one attached hydrogen (secondary N) is 1. The SMILES string of the molecule is COc1cc(CC[C@H](C[C@@H](OC(C)=O)[C@@H]2C[C@H](CO)C[C@H]3C[C@H](C2)[C@@H](C(C)C)C[C@@H]3Cc2ccc[nH]2)OC(C)=O)c(-c2ccnc(N)c2)cc1O. The molecule has 3 aromatic rings. The van der Waals surface area contributed by atoms with Gasteiger partial charge in [0.2, 0.25) is 0 Å². The van der Waals surface area contributed by atoms with Crippen LogP contribution in [-0.4, -0.2) is 58.0 Å². The zero-order valence-electron chi connectivity index (χ0n) is 30.8. The molecule has 2 aliphatic carbocycles. The van der Waals surface area contributed by atoms with Crippen molar-refractivity contribution in [2.24, 2.45) is 41.4 Å². The van der Waals surface area contributed by atoms with Crippen LogP contribution in [0.15, 0.2) is 48.8 Å². The normalized spacial score (nSPS) is 24.6. The number of nitrogen functional groups attached to an aromatic ring is 1. The van der Waals surface area contributed by atoms with Gasteiger partial charge in [0.1, 0.15) is 18.0 Å². The van der Waals surface area contributed by atoms with Crippen LogP contribution in [0.5, 0.6) is 11.5 Å². The average molecular weight is 704 g/mol. The van der Waals surface area contributed by atoms with Gasteiger partial charge in [-0.15, -0.1) is 0 Å². The lowest BCUT2D eigenvalue weighted by atomic mass is 9.58. The summed E-state index contributed by atoms with van der Waals surface area (Å²) in [6.07, 6.45) is 9.78. The van der Waals surface area contributed by atoms with Crippen molar-refractivity contribution in [1.82, 2.24) is 9.97 Å². The molecule has 0 amide bonds. The van der Waals surface area contributed by atoms with E-state index in [4.69, 9.17) is 19.9 Å². The lowest BCUT2D eigenvalue weighted by Gasteiger charge is -2.48. The van der Waals surface area contributed by atoms with Gasteiger partial charge < -0.3 is 35.1 Å². The molecule has 10 nitrogen and oxygen atoms in total. The number of methoxy groups -OCH3 is 1. The number of fused-ring (bicyclic) bond motifs is 2. The molecule has 0 spiro atoms. The number of rotatable bonds is 14. The number of nitrogens with two attached hydrogens (primary N) is 1. The highest BCUT2D eigenvalue weighted by Gasteiger charge is 2.44. The van der Waals surface area contributed by atoms with E-state index < -0.39 is 18.2 Å². The van der Waals surface area contributed by atoms with E-state index in [1.165, 1.54) is 26.7 Å². The number of phenols is 1. The Morgan fingerprint density at radius 2 is 1.80 bits per heavy atom. The fraction of sp³-hybridized carbons (Fsp3) is 0.585. The molecule has 2 heterocycles. The third-order valence-electron chi connectivity index (χ3n) is 11.5. The van der Waals surface area contributed by atoms with Gasteiger partial charge in [0.05, 0.1) is 7.11 Å². The summed E-state index contributed by atoms with van der Waals surface area (Å²) in [5, 5.41) is 21.3. The van der Waals surface area contributed by atoms with Gasteiger partial charge in [-0.05, 0) is 146 Å². The summed E-state index contributed by atoms with van der Waals surface area (Å²) in [6, 6.07) is 11.3. The number of benzene rings is 1. The standard InChI is InChI=1S/C41H57N3O7/c1-24(2)36-18-31(17-34-7-6-11-43-34)30-13-27(23-45)14-33(16-32(36)15-30)39(51-26(4)47)21-35(50-25(3)46)9-8-28-19-40(49-5)38(48)22-37(28)29-10-12-44-41(42)20-29/h6-7,10-12,19-20,22,24,27,30-33,35-36,39,43,45,48H,8-9,13-18,21,23H2,1-5H3,(H2,42,44)/t27-,30+,31+,32-,33-,35-,36-,39-/m1/s1. The third kappa shape index (κ3) is 10.1. The number of aryl methyl sites for hydroxylation is 1. The Morgan fingerprint density at radius 3 is 2.45 bits per heavy atom. The largest absolute Gasteiger partial charge is 0.504 e. The number of carbonyl (C=O) groups excluding carboxylic acids is 2. The second-order valence-corrected chi connectivity index (χ2v) is 15.4. The van der Waals surface area contributed by atoms with Crippen molar-refractivity contribution in [3.8, 4) is 22.6 Å². The zero-order chi connectivity index (χ0) is 36.7. The first-order valence-electron chi connectivity index (χ1n) is 18.6. The van der Waals surface area contributed by atoms with E-state index in [1.807, 2.05) is 12.3 Å². The number of aliphatic hydroxyl groups excluding tert-OH is 1. The number of pyridine rings is 1. The van der Waals surface area contributed by atoms with Gasteiger partial charge >= 0.3 is 11.9 Å². The Hall–Kier alpha value is -4.05. The van der Waals surface area contributed by atoms with Crippen molar-refractivity contribution >= 4 is 17.8 Å². The van der Waals surface area contributed by atoms with E-state index in [9.17, 15) is 19.8 Å². The van der Waals surface area contributed by atoms with E-state index in [0.29, 0.717) is 60.4 Å². The van der Waals surface area contributed by atoms with Crippen LogP contribution in [0.2, 0.25) is 0 Å². The van der Waals surface area contributed by atoms with Crippen molar-refractivity contribution in [2.75, 3.05) is 19.5 Å². The van der Waals surface area contributed by atoms with Crippen molar-refractivity contribution in [3.05, 3.63) is 60.0 Å². The van der Waals surface area contributed by atoms with Gasteiger partial charge in [0.15, 0.2) is 11.5 Å². The summed E-state index contributed by atoms with van der Waals surface area (Å²) in [6.45, 7) is 7.58. The van der Waals surface area contributed by atoms with Crippen LogP contribution in [0.4, 0.5) is 5.82 Å². The first kappa shape index (κ1) is 38.2. The average Bonchev–Trinajstić information content (AvgIpc) is 3.59. The zero-order valence-corrected chi connectivity index (χ0v) is 30.8. The Labute approximate surface area is 302 Å². The number of aromatic hydroxyl groups is 1. The summed E-state index contributed by atoms with van der Waals surface area (Å²) < 4.78 is 17.5. The van der Waals surface area contributed by atoms with Gasteiger partial charge in [-0.25, -0.2) is 4.98 Å². The molecular formula is C41H57N3O7. The van der Waals surface area contributed by atoms with Crippen LogP contribution in [-0.2, 0) is 31.9 Å². The maximum absolute atomic E-state index is 12.7. The molecule has 2 bridgehead atoms. The van der Waals surface area contributed by atoms with Crippen LogP contribution >= 0.6 is 0 Å². The van der Waals surface area contributed by atoms with Crippen molar-refractivity contribution in [1.29, 1.82) is 0 Å². The summed E-state index contributed by atoms with van der Waals surface area (Å²) >= 11 is 0. The number of anilines is 1. The highest BCUT2D eigenvalue weighted by molar-refractivity contribution is 5.72. The number of ether oxygens (including phenoxy) is 3. The lowest BCUT2D eigenvalue weighted by Crippen LogP contribution is -2.42. The Bertz CT molecular complexity index is 1590. The van der Waals surface area contributed by atoms with Gasteiger partial charge in [0, 0.05) is 45.0 Å². The summed E-state index contributed by atoms with van der Waals surface area (Å²) in [5.41, 5.74) is 9.72. The van der Waals surface area contributed by atoms with Crippen molar-refractivity contribution < 1.29 is 34.0 Å². The van der Waals surface area contributed by atoms with Gasteiger partial charge in [-0.2, -0.15) is 0 Å². The van der Waals surface area contributed by atoms with Crippen LogP contribution < -0.4 is 10.5 Å². The number of H-pyrrole nitrogens is 1. The number of aromatic nitrogens is 2. The van der Waals surface area contributed by atoms with E-state index >= 15 is 0 Å². The van der Waals surface area contributed by atoms with Gasteiger partial charge in [-0.3, -0.25) is 9.59 Å². The number of nitrogens with zero attached hydrogens (tertiary/aromatic N) is 1. The molecule has 2 aliphatic rings. The Kier molecular flexibility index (Phi) is 13.1. The fourth-order valence-electron chi connectivity index (χ4n) is 9.23. The molecule has 0 radical (unpaired) electrons. The first-order valence-corrected chi connectivity index (χ1v) is 18.6. The molecule has 51 heavy (non-hydrogen) atoms. The molecule has 1 aromatic carbocycles. The van der Waals surface area contributed by atoms with Crippen LogP contribution in [0.25, 0.3) is 11.1 Å². The van der Waals surface area contributed by atoms with Gasteiger partial charge in [0.25, 0.3) is 0 Å². The number of aromatic amines is 1. The predicted molar refractivity (Wildman–Crippen MR) is 197 cm³/mol. The second-order valence-electron chi connectivity index (χ2n) is 15.4. The summed E-state index contributed by atoms with van der Waals surface area (Å²) in [5.74, 6) is 2.66. The van der Waals surface area contributed by atoms with Crippen molar-refractivity contribution in [3.63, 3.8) is 0 Å². The number of carbonyl (C=O) groups is 2. The number of esters is 2. The minimum absolute atomic E-state index is 0.00100. The molecule has 0 saturated heterocycles. The Balaban J connectivity index is 1.40. The molecule has 5 N–H and O–H groups in total. The maximum atomic E-state index is 12.7. The van der Waals surface area contributed by atoms with E-state index in [-0.39, 0.29) is 30.2 Å². The number of phenolic OH excluding ortho intramolecular Hbond substituents is 1. The lowest BCUT2D eigenvalue weighted by molar-refractivity contribution is -0.157. The van der Waals surface area contributed by atoms with Gasteiger partial charge in [-0.1, -0.05) is 13.8 Å². The molecule has 278 valence electrons.